The van der Waals surface area contributed by atoms with Gasteiger partial charge in [-0.2, -0.15) is 0 Å². The van der Waals surface area contributed by atoms with Gasteiger partial charge in [0.05, 0.1) is 5.69 Å². The first-order valence-corrected chi connectivity index (χ1v) is 4.32. The van der Waals surface area contributed by atoms with Gasteiger partial charge in [0.25, 0.3) is 5.92 Å². The Kier molecular flexibility index (Phi) is 1.83. The molecule has 0 bridgehead atoms. The molecule has 3 nitrogen and oxygen atoms in total. The molecular weight excluding hydrogens is 190 g/mol. The van der Waals surface area contributed by atoms with Crippen LogP contribution >= 0.6 is 0 Å². The largest absolute Gasteiger partial charge is 0.394 e. The maximum atomic E-state index is 12.6. The summed E-state index contributed by atoms with van der Waals surface area (Å²) in [6.07, 6.45) is 2.81. The number of rotatable bonds is 2. The Morgan fingerprint density at radius 1 is 1.64 bits per heavy atom. The zero-order valence-electron chi connectivity index (χ0n) is 7.41. The van der Waals surface area contributed by atoms with Crippen LogP contribution in [0.3, 0.4) is 0 Å². The van der Waals surface area contributed by atoms with E-state index in [-0.39, 0.29) is 24.1 Å². The summed E-state index contributed by atoms with van der Waals surface area (Å²) in [5, 5.41) is 0. The van der Waals surface area contributed by atoms with Gasteiger partial charge in [0.15, 0.2) is 0 Å². The van der Waals surface area contributed by atoms with E-state index in [2.05, 4.69) is 0 Å². The molecule has 1 saturated carbocycles. The van der Waals surface area contributed by atoms with Gasteiger partial charge in [-0.05, 0) is 0 Å². The lowest BCUT2D eigenvalue weighted by Crippen LogP contribution is -2.12. The second kappa shape index (κ2) is 2.80. The molecule has 1 aromatic heterocycles. The third-order valence-corrected chi connectivity index (χ3v) is 2.39. The van der Waals surface area contributed by atoms with Gasteiger partial charge in [-0.3, -0.25) is 4.79 Å². The number of nitrogens with two attached hydrogens (primary N) is 1. The van der Waals surface area contributed by atoms with Crippen molar-refractivity contribution in [2.45, 2.75) is 18.9 Å². The summed E-state index contributed by atoms with van der Waals surface area (Å²) < 4.78 is 26.6. The van der Waals surface area contributed by atoms with E-state index >= 15 is 0 Å². The van der Waals surface area contributed by atoms with Crippen LogP contribution in [0.25, 0.3) is 0 Å². The number of aromatic nitrogens is 1. The topological polar surface area (TPSA) is 48.0 Å². The minimum Gasteiger partial charge on any atom is -0.394 e. The van der Waals surface area contributed by atoms with E-state index in [1.165, 1.54) is 23.0 Å². The molecule has 1 aliphatic rings. The highest BCUT2D eigenvalue weighted by molar-refractivity contribution is 5.33. The van der Waals surface area contributed by atoms with Crippen LogP contribution in [0.5, 0.6) is 0 Å². The highest BCUT2D eigenvalue weighted by Crippen LogP contribution is 2.49. The van der Waals surface area contributed by atoms with Gasteiger partial charge in [0.2, 0.25) is 5.43 Å². The van der Waals surface area contributed by atoms with Gasteiger partial charge in [0, 0.05) is 37.3 Å². The monoisotopic (exact) mass is 200 g/mol. The summed E-state index contributed by atoms with van der Waals surface area (Å²) in [5.74, 6) is -3.14. The molecule has 0 spiro atoms. The van der Waals surface area contributed by atoms with Crippen molar-refractivity contribution in [2.24, 2.45) is 5.92 Å². The minimum atomic E-state index is -2.53. The Morgan fingerprint density at radius 3 is 2.79 bits per heavy atom. The second-order valence-corrected chi connectivity index (χ2v) is 3.62. The Morgan fingerprint density at radius 2 is 2.29 bits per heavy atom. The van der Waals surface area contributed by atoms with Gasteiger partial charge in [-0.1, -0.05) is 0 Å². The van der Waals surface area contributed by atoms with E-state index in [9.17, 15) is 13.6 Å². The maximum Gasteiger partial charge on any atom is 0.253 e. The van der Waals surface area contributed by atoms with Gasteiger partial charge in [0.1, 0.15) is 0 Å². The van der Waals surface area contributed by atoms with Crippen LogP contribution in [-0.2, 0) is 6.54 Å². The van der Waals surface area contributed by atoms with E-state index in [1.807, 2.05) is 0 Å². The summed E-state index contributed by atoms with van der Waals surface area (Å²) in [7, 11) is 0. The van der Waals surface area contributed by atoms with E-state index in [0.717, 1.165) is 0 Å². The van der Waals surface area contributed by atoms with Crippen molar-refractivity contribution in [3.05, 3.63) is 28.7 Å². The molecule has 1 atom stereocenters. The summed E-state index contributed by atoms with van der Waals surface area (Å²) in [6, 6.07) is 1.29. The lowest BCUT2D eigenvalue weighted by atomic mass is 10.3. The second-order valence-electron chi connectivity index (χ2n) is 3.62. The molecule has 0 aliphatic heterocycles. The zero-order chi connectivity index (χ0) is 10.3. The quantitative estimate of drug-likeness (QED) is 0.776. The molecular formula is C9H10F2N2O. The number of hydrogen-bond acceptors (Lipinski definition) is 2. The molecule has 2 N–H and O–H groups in total. The highest BCUT2D eigenvalue weighted by Gasteiger charge is 2.56. The van der Waals surface area contributed by atoms with Crippen LogP contribution < -0.4 is 11.2 Å². The van der Waals surface area contributed by atoms with Crippen LogP contribution in [0.1, 0.15) is 6.42 Å². The number of nitrogen functional groups attached to an aromatic ring is 1. The van der Waals surface area contributed by atoms with Gasteiger partial charge >= 0.3 is 0 Å². The van der Waals surface area contributed by atoms with Crippen molar-refractivity contribution in [2.75, 3.05) is 5.73 Å². The molecule has 0 radical (unpaired) electrons. The first kappa shape index (κ1) is 9.18. The lowest BCUT2D eigenvalue weighted by Gasteiger charge is -2.05. The summed E-state index contributed by atoms with van der Waals surface area (Å²) in [4.78, 5) is 10.9. The summed E-state index contributed by atoms with van der Waals surface area (Å²) >= 11 is 0. The molecule has 0 aromatic carbocycles. The molecule has 1 heterocycles. The summed E-state index contributed by atoms with van der Waals surface area (Å²) in [6.45, 7) is 0.220. The number of hydrogen-bond donors (Lipinski definition) is 1. The van der Waals surface area contributed by atoms with Gasteiger partial charge in [-0.25, -0.2) is 8.78 Å². The van der Waals surface area contributed by atoms with Crippen LogP contribution in [0.4, 0.5) is 14.5 Å². The summed E-state index contributed by atoms with van der Waals surface area (Å²) in [5.41, 5.74) is 5.18. The van der Waals surface area contributed by atoms with Crippen molar-refractivity contribution in [3.63, 3.8) is 0 Å². The normalized spacial score (nSPS) is 23.4. The van der Waals surface area contributed by atoms with E-state index in [1.54, 1.807) is 0 Å². The van der Waals surface area contributed by atoms with Crippen molar-refractivity contribution in [1.82, 2.24) is 4.57 Å². The molecule has 1 aromatic rings. The fourth-order valence-electron chi connectivity index (χ4n) is 1.38. The lowest BCUT2D eigenvalue weighted by molar-refractivity contribution is 0.0951. The van der Waals surface area contributed by atoms with Crippen LogP contribution in [0.2, 0.25) is 0 Å². The highest BCUT2D eigenvalue weighted by atomic mass is 19.3. The predicted molar refractivity (Wildman–Crippen MR) is 48.2 cm³/mol. The number of anilines is 1. The van der Waals surface area contributed by atoms with Crippen LogP contribution in [0.15, 0.2) is 23.3 Å². The average molecular weight is 200 g/mol. The average Bonchev–Trinajstić information content (AvgIpc) is 2.67. The third kappa shape index (κ3) is 1.62. The Balaban J connectivity index is 2.12. The number of pyridine rings is 1. The Bertz CT molecular complexity index is 414. The predicted octanol–water partition coefficient (Wildman–Crippen LogP) is 1.09. The van der Waals surface area contributed by atoms with Crippen molar-refractivity contribution >= 4 is 5.69 Å². The van der Waals surface area contributed by atoms with E-state index < -0.39 is 11.8 Å². The molecule has 0 saturated heterocycles. The number of alkyl halides is 2. The number of halogens is 2. The van der Waals surface area contributed by atoms with E-state index in [0.29, 0.717) is 0 Å². The van der Waals surface area contributed by atoms with Gasteiger partial charge < -0.3 is 10.3 Å². The Hall–Kier alpha value is -1.39. The standard InChI is InChI=1S/C9H10F2N2O/c10-9(11)3-6(9)4-13-2-1-8(14)7(12)5-13/h1-2,5-6H,3-4,12H2. The number of nitrogens with zero attached hydrogens (tertiary/aromatic N) is 1. The van der Waals surface area contributed by atoms with Crippen molar-refractivity contribution in [1.29, 1.82) is 0 Å². The minimum absolute atomic E-state index is 0.0704. The molecule has 1 fully saturated rings. The fourth-order valence-corrected chi connectivity index (χ4v) is 1.38. The van der Waals surface area contributed by atoms with Crippen LogP contribution in [0, 0.1) is 5.92 Å². The molecule has 1 unspecified atom stereocenters. The molecule has 2 rings (SSSR count). The molecule has 1 aliphatic carbocycles. The smallest absolute Gasteiger partial charge is 0.253 e. The molecule has 14 heavy (non-hydrogen) atoms. The fraction of sp³-hybridized carbons (Fsp3) is 0.444. The SMILES string of the molecule is Nc1cn(CC2CC2(F)F)ccc1=O. The van der Waals surface area contributed by atoms with Gasteiger partial charge in [-0.15, -0.1) is 0 Å². The third-order valence-electron chi connectivity index (χ3n) is 2.39. The molecule has 5 heteroatoms. The molecule has 0 amide bonds. The first-order valence-electron chi connectivity index (χ1n) is 4.32. The zero-order valence-corrected chi connectivity index (χ0v) is 7.41. The Labute approximate surface area is 79.1 Å². The van der Waals surface area contributed by atoms with E-state index in [4.69, 9.17) is 5.73 Å². The first-order chi connectivity index (χ1) is 6.49. The van der Waals surface area contributed by atoms with Crippen molar-refractivity contribution < 1.29 is 8.78 Å². The van der Waals surface area contributed by atoms with Crippen molar-refractivity contribution in [3.8, 4) is 0 Å². The molecule has 76 valence electrons. The van der Waals surface area contributed by atoms with Crippen LogP contribution in [-0.4, -0.2) is 10.5 Å². The maximum absolute atomic E-state index is 12.6.